The third kappa shape index (κ3) is 5.91. The standard InChI is InChI=1S/C11H22N2O/c1-4-7-13(8-5-2)14-10-11(6-3)9-12/h4-5,11H,1-2,6-10,12H2,3H3. The first kappa shape index (κ1) is 13.4. The highest BCUT2D eigenvalue weighted by Crippen LogP contribution is 2.02. The van der Waals surface area contributed by atoms with Crippen molar-refractivity contribution < 1.29 is 4.84 Å². The SMILES string of the molecule is C=CCN(CC=C)OCC(CC)CN. The molecule has 14 heavy (non-hydrogen) atoms. The zero-order chi connectivity index (χ0) is 10.8. The van der Waals surface area contributed by atoms with Crippen molar-refractivity contribution in [2.45, 2.75) is 13.3 Å². The summed E-state index contributed by atoms with van der Waals surface area (Å²) < 4.78 is 0. The molecule has 0 saturated heterocycles. The fourth-order valence-electron chi connectivity index (χ4n) is 1.03. The normalized spacial score (nSPS) is 12.8. The van der Waals surface area contributed by atoms with Gasteiger partial charge in [-0.3, -0.25) is 4.84 Å². The van der Waals surface area contributed by atoms with Crippen molar-refractivity contribution in [2.24, 2.45) is 11.7 Å². The van der Waals surface area contributed by atoms with Crippen LogP contribution in [0.25, 0.3) is 0 Å². The zero-order valence-corrected chi connectivity index (χ0v) is 9.11. The number of nitrogens with zero attached hydrogens (tertiary/aromatic N) is 1. The quantitative estimate of drug-likeness (QED) is 0.451. The highest BCUT2D eigenvalue weighted by atomic mass is 16.7. The van der Waals surface area contributed by atoms with E-state index in [-0.39, 0.29) is 0 Å². The lowest BCUT2D eigenvalue weighted by Gasteiger charge is -2.21. The maximum Gasteiger partial charge on any atom is 0.0725 e. The van der Waals surface area contributed by atoms with Crippen molar-refractivity contribution in [2.75, 3.05) is 26.2 Å². The van der Waals surface area contributed by atoms with Crippen LogP contribution < -0.4 is 5.73 Å². The summed E-state index contributed by atoms with van der Waals surface area (Å²) >= 11 is 0. The van der Waals surface area contributed by atoms with Crippen LogP contribution in [0, 0.1) is 5.92 Å². The lowest BCUT2D eigenvalue weighted by molar-refractivity contribution is -0.154. The van der Waals surface area contributed by atoms with Gasteiger partial charge in [-0.15, -0.1) is 13.2 Å². The van der Waals surface area contributed by atoms with Crippen LogP contribution in [0.2, 0.25) is 0 Å². The van der Waals surface area contributed by atoms with Crippen LogP contribution in [-0.2, 0) is 4.84 Å². The molecule has 1 atom stereocenters. The van der Waals surface area contributed by atoms with Crippen LogP contribution in [0.15, 0.2) is 25.3 Å². The largest absolute Gasteiger partial charge is 0.330 e. The predicted octanol–water partition coefficient (Wildman–Crippen LogP) is 1.58. The number of rotatable bonds is 9. The molecule has 2 N–H and O–H groups in total. The van der Waals surface area contributed by atoms with Crippen LogP contribution in [0.5, 0.6) is 0 Å². The molecule has 82 valence electrons. The minimum Gasteiger partial charge on any atom is -0.330 e. The van der Waals surface area contributed by atoms with E-state index >= 15 is 0 Å². The van der Waals surface area contributed by atoms with Crippen molar-refractivity contribution >= 4 is 0 Å². The second-order valence-corrected chi connectivity index (χ2v) is 3.23. The van der Waals surface area contributed by atoms with E-state index in [1.54, 1.807) is 0 Å². The van der Waals surface area contributed by atoms with E-state index in [0.717, 1.165) is 6.42 Å². The van der Waals surface area contributed by atoms with Crippen LogP contribution >= 0.6 is 0 Å². The van der Waals surface area contributed by atoms with E-state index in [0.29, 0.717) is 32.2 Å². The van der Waals surface area contributed by atoms with Gasteiger partial charge in [0.25, 0.3) is 0 Å². The summed E-state index contributed by atoms with van der Waals surface area (Å²) in [6.45, 7) is 12.2. The molecule has 0 bridgehead atoms. The Morgan fingerprint density at radius 3 is 2.29 bits per heavy atom. The average molecular weight is 198 g/mol. The van der Waals surface area contributed by atoms with Gasteiger partial charge in [0.2, 0.25) is 0 Å². The predicted molar refractivity (Wildman–Crippen MR) is 60.8 cm³/mol. The van der Waals surface area contributed by atoms with Crippen molar-refractivity contribution in [3.8, 4) is 0 Å². The molecule has 0 amide bonds. The molecule has 3 heteroatoms. The Morgan fingerprint density at radius 2 is 1.93 bits per heavy atom. The molecule has 0 aromatic heterocycles. The van der Waals surface area contributed by atoms with E-state index in [1.807, 2.05) is 17.2 Å². The van der Waals surface area contributed by atoms with E-state index in [4.69, 9.17) is 10.6 Å². The van der Waals surface area contributed by atoms with Crippen molar-refractivity contribution in [3.63, 3.8) is 0 Å². The monoisotopic (exact) mass is 198 g/mol. The Kier molecular flexibility index (Phi) is 8.53. The molecule has 0 fully saturated rings. The second kappa shape index (κ2) is 8.94. The summed E-state index contributed by atoms with van der Waals surface area (Å²) in [4.78, 5) is 5.58. The van der Waals surface area contributed by atoms with Gasteiger partial charge in [-0.2, -0.15) is 5.06 Å². The third-order valence-corrected chi connectivity index (χ3v) is 2.07. The third-order valence-electron chi connectivity index (χ3n) is 2.07. The minimum atomic E-state index is 0.437. The number of nitrogens with two attached hydrogens (primary N) is 1. The van der Waals surface area contributed by atoms with Crippen molar-refractivity contribution in [3.05, 3.63) is 25.3 Å². The summed E-state index contributed by atoms with van der Waals surface area (Å²) in [6.07, 6.45) is 4.67. The molecule has 0 aromatic carbocycles. The molecule has 0 saturated carbocycles. The molecule has 0 aromatic rings. The first-order valence-corrected chi connectivity index (χ1v) is 5.08. The molecule has 0 aliphatic rings. The highest BCUT2D eigenvalue weighted by Gasteiger charge is 2.07. The summed E-state index contributed by atoms with van der Waals surface area (Å²) in [7, 11) is 0. The maximum atomic E-state index is 5.58. The number of hydroxylamine groups is 2. The van der Waals surface area contributed by atoms with Crippen LogP contribution in [0.1, 0.15) is 13.3 Å². The van der Waals surface area contributed by atoms with E-state index in [2.05, 4.69) is 20.1 Å². The molecule has 0 rings (SSSR count). The average Bonchev–Trinajstić information content (AvgIpc) is 2.20. The van der Waals surface area contributed by atoms with Gasteiger partial charge >= 0.3 is 0 Å². The Hall–Kier alpha value is -0.640. The first-order chi connectivity index (χ1) is 6.78. The molecule has 0 heterocycles. The van der Waals surface area contributed by atoms with Gasteiger partial charge in [0.15, 0.2) is 0 Å². The van der Waals surface area contributed by atoms with Gasteiger partial charge in [-0.1, -0.05) is 19.1 Å². The van der Waals surface area contributed by atoms with E-state index in [1.165, 1.54) is 0 Å². The lowest BCUT2D eigenvalue weighted by Crippen LogP contribution is -2.29. The molecule has 0 spiro atoms. The number of hydrogen-bond donors (Lipinski definition) is 1. The molecular formula is C11H22N2O. The fourth-order valence-corrected chi connectivity index (χ4v) is 1.03. The van der Waals surface area contributed by atoms with Crippen LogP contribution in [0.3, 0.4) is 0 Å². The molecule has 0 aliphatic carbocycles. The lowest BCUT2D eigenvalue weighted by atomic mass is 10.1. The smallest absolute Gasteiger partial charge is 0.0725 e. The molecule has 0 radical (unpaired) electrons. The Morgan fingerprint density at radius 1 is 1.36 bits per heavy atom. The topological polar surface area (TPSA) is 38.5 Å². The zero-order valence-electron chi connectivity index (χ0n) is 9.11. The first-order valence-electron chi connectivity index (χ1n) is 5.08. The second-order valence-electron chi connectivity index (χ2n) is 3.23. The fraction of sp³-hybridized carbons (Fsp3) is 0.636. The van der Waals surface area contributed by atoms with E-state index in [9.17, 15) is 0 Å². The molecule has 3 nitrogen and oxygen atoms in total. The summed E-state index contributed by atoms with van der Waals surface area (Å²) in [5, 5.41) is 1.83. The van der Waals surface area contributed by atoms with Crippen molar-refractivity contribution in [1.82, 2.24) is 5.06 Å². The van der Waals surface area contributed by atoms with Gasteiger partial charge < -0.3 is 5.73 Å². The van der Waals surface area contributed by atoms with Gasteiger partial charge in [-0.05, 0) is 18.9 Å². The van der Waals surface area contributed by atoms with Crippen molar-refractivity contribution in [1.29, 1.82) is 0 Å². The summed E-state index contributed by atoms with van der Waals surface area (Å²) in [6, 6.07) is 0. The molecule has 0 aliphatic heterocycles. The highest BCUT2D eigenvalue weighted by molar-refractivity contribution is 4.75. The van der Waals surface area contributed by atoms with E-state index < -0.39 is 0 Å². The van der Waals surface area contributed by atoms with Gasteiger partial charge in [0.05, 0.1) is 6.61 Å². The summed E-state index contributed by atoms with van der Waals surface area (Å²) in [5.74, 6) is 0.437. The Balaban J connectivity index is 3.77. The van der Waals surface area contributed by atoms with Crippen LogP contribution in [-0.4, -0.2) is 31.3 Å². The molecule has 1 unspecified atom stereocenters. The van der Waals surface area contributed by atoms with Gasteiger partial charge in [0.1, 0.15) is 0 Å². The minimum absolute atomic E-state index is 0.437. The maximum absolute atomic E-state index is 5.58. The Bertz CT molecular complexity index is 145. The number of hydrogen-bond acceptors (Lipinski definition) is 3. The van der Waals surface area contributed by atoms with Gasteiger partial charge in [0, 0.05) is 13.1 Å². The summed E-state index contributed by atoms with van der Waals surface area (Å²) in [5.41, 5.74) is 5.58. The van der Waals surface area contributed by atoms with Crippen LogP contribution in [0.4, 0.5) is 0 Å². The van der Waals surface area contributed by atoms with Gasteiger partial charge in [-0.25, -0.2) is 0 Å². The Labute approximate surface area is 87.2 Å². The molecular weight excluding hydrogens is 176 g/mol.